The summed E-state index contributed by atoms with van der Waals surface area (Å²) in [6, 6.07) is 17.6. The lowest BCUT2D eigenvalue weighted by Gasteiger charge is -2.01. The van der Waals surface area contributed by atoms with Gasteiger partial charge in [-0.1, -0.05) is 46.9 Å². The Kier molecular flexibility index (Phi) is 4.88. The van der Waals surface area contributed by atoms with Crippen molar-refractivity contribution in [3.05, 3.63) is 92.4 Å². The number of H-pyrrole nitrogens is 2. The summed E-state index contributed by atoms with van der Waals surface area (Å²) in [5, 5.41) is 1.69. The van der Waals surface area contributed by atoms with Gasteiger partial charge in [-0.05, 0) is 72.3 Å². The summed E-state index contributed by atoms with van der Waals surface area (Å²) in [5.41, 5.74) is 8.21. The van der Waals surface area contributed by atoms with Crippen molar-refractivity contribution < 1.29 is 0 Å². The van der Waals surface area contributed by atoms with Crippen molar-refractivity contribution in [3.8, 4) is 11.1 Å². The maximum atomic E-state index is 6.89. The van der Waals surface area contributed by atoms with Crippen LogP contribution in [0, 0.1) is 0 Å². The number of rotatable bonds is 1. The molecule has 0 fully saturated rings. The second-order valence-corrected chi connectivity index (χ2v) is 8.97. The highest BCUT2D eigenvalue weighted by Gasteiger charge is 2.13. The third-order valence-electron chi connectivity index (χ3n) is 5.54. The molecule has 1 aromatic carbocycles. The summed E-state index contributed by atoms with van der Waals surface area (Å²) in [6.45, 7) is 0. The predicted octanol–water partition coefficient (Wildman–Crippen LogP) is 8.28. The second-order valence-electron chi connectivity index (χ2n) is 7.77. The number of halogens is 3. The minimum absolute atomic E-state index is 0.499. The Morgan fingerprint density at radius 1 is 0.606 bits per heavy atom. The van der Waals surface area contributed by atoms with Crippen LogP contribution in [0.3, 0.4) is 0 Å². The Hall–Kier alpha value is -3.31. The van der Waals surface area contributed by atoms with E-state index in [0.717, 1.165) is 44.6 Å². The molecule has 5 heterocycles. The zero-order valence-electron chi connectivity index (χ0n) is 17.0. The average molecular weight is 490 g/mol. The molecule has 8 bridgehead atoms. The summed E-state index contributed by atoms with van der Waals surface area (Å²) in [6.07, 6.45) is 7.69. The molecular weight excluding hydrogens is 475 g/mol. The first-order valence-electron chi connectivity index (χ1n) is 10.2. The molecule has 160 valence electrons. The lowest BCUT2D eigenvalue weighted by Crippen LogP contribution is -1.81. The Morgan fingerprint density at radius 2 is 1.30 bits per heavy atom. The van der Waals surface area contributed by atoms with Gasteiger partial charge in [0.05, 0.1) is 43.9 Å². The molecule has 2 N–H and O–H groups in total. The summed E-state index contributed by atoms with van der Waals surface area (Å²) < 4.78 is 0. The van der Waals surface area contributed by atoms with Gasteiger partial charge in [-0.2, -0.15) is 0 Å². The van der Waals surface area contributed by atoms with Crippen molar-refractivity contribution in [3.63, 3.8) is 0 Å². The highest BCUT2D eigenvalue weighted by molar-refractivity contribution is 6.37. The molecular formula is C26H15Cl3N4. The number of nitrogens with zero attached hydrogens (tertiary/aromatic N) is 2. The third kappa shape index (κ3) is 3.76. The number of hydrogen-bond acceptors (Lipinski definition) is 2. The molecule has 0 saturated carbocycles. The van der Waals surface area contributed by atoms with E-state index in [9.17, 15) is 0 Å². The van der Waals surface area contributed by atoms with Crippen LogP contribution in [0.5, 0.6) is 0 Å². The Balaban J connectivity index is 1.73. The van der Waals surface area contributed by atoms with E-state index in [4.69, 9.17) is 44.8 Å². The molecule has 2 aliphatic heterocycles. The fraction of sp³-hybridized carbons (Fsp3) is 0. The third-order valence-corrected chi connectivity index (χ3v) is 6.57. The molecule has 0 atom stereocenters. The zero-order chi connectivity index (χ0) is 22.5. The number of hydrogen-bond donors (Lipinski definition) is 2. The normalized spacial score (nSPS) is 12.5. The smallest absolute Gasteiger partial charge is 0.0904 e. The molecule has 0 aliphatic carbocycles. The molecule has 6 rings (SSSR count). The molecule has 0 spiro atoms. The van der Waals surface area contributed by atoms with E-state index in [0.29, 0.717) is 26.5 Å². The monoisotopic (exact) mass is 488 g/mol. The van der Waals surface area contributed by atoms with Crippen LogP contribution in [0.2, 0.25) is 15.1 Å². The summed E-state index contributed by atoms with van der Waals surface area (Å²) in [4.78, 5) is 16.2. The van der Waals surface area contributed by atoms with Gasteiger partial charge < -0.3 is 9.97 Å². The van der Waals surface area contributed by atoms with Crippen molar-refractivity contribution >= 4 is 81.2 Å². The minimum atomic E-state index is 0.499. The van der Waals surface area contributed by atoms with E-state index in [1.807, 2.05) is 72.8 Å². The van der Waals surface area contributed by atoms with Gasteiger partial charge in [0.2, 0.25) is 0 Å². The average Bonchev–Trinajstić information content (AvgIpc) is 3.61. The molecule has 0 amide bonds. The first-order chi connectivity index (χ1) is 16.0. The lowest BCUT2D eigenvalue weighted by molar-refractivity contribution is 1.31. The maximum absolute atomic E-state index is 6.89. The van der Waals surface area contributed by atoms with E-state index in [-0.39, 0.29) is 0 Å². The van der Waals surface area contributed by atoms with Gasteiger partial charge in [0, 0.05) is 21.6 Å². The molecule has 0 radical (unpaired) electrons. The number of nitrogens with one attached hydrogen (secondary N) is 2. The van der Waals surface area contributed by atoms with E-state index in [1.165, 1.54) is 0 Å². The summed E-state index contributed by atoms with van der Waals surface area (Å²) in [5.74, 6) is 0. The molecule has 0 unspecified atom stereocenters. The van der Waals surface area contributed by atoms with Gasteiger partial charge >= 0.3 is 0 Å². The van der Waals surface area contributed by atoms with Gasteiger partial charge in [0.1, 0.15) is 0 Å². The fourth-order valence-corrected chi connectivity index (χ4v) is 4.55. The van der Waals surface area contributed by atoms with Gasteiger partial charge in [-0.3, -0.25) is 0 Å². The van der Waals surface area contributed by atoms with Crippen LogP contribution in [0.15, 0.2) is 54.6 Å². The van der Waals surface area contributed by atoms with Crippen molar-refractivity contribution in [2.24, 2.45) is 0 Å². The molecule has 33 heavy (non-hydrogen) atoms. The van der Waals surface area contributed by atoms with Crippen molar-refractivity contribution in [1.29, 1.82) is 0 Å². The van der Waals surface area contributed by atoms with Crippen molar-refractivity contribution in [2.75, 3.05) is 0 Å². The predicted molar refractivity (Wildman–Crippen MR) is 139 cm³/mol. The van der Waals surface area contributed by atoms with E-state index in [1.54, 1.807) is 0 Å². The molecule has 4 nitrogen and oxygen atoms in total. The van der Waals surface area contributed by atoms with Crippen LogP contribution in [-0.4, -0.2) is 19.9 Å². The van der Waals surface area contributed by atoms with Crippen LogP contribution in [0.25, 0.3) is 57.5 Å². The largest absolute Gasteiger partial charge is 0.354 e. The Morgan fingerprint density at radius 3 is 2.06 bits per heavy atom. The van der Waals surface area contributed by atoms with Crippen LogP contribution in [0.4, 0.5) is 0 Å². The summed E-state index contributed by atoms with van der Waals surface area (Å²) >= 11 is 19.7. The highest BCUT2D eigenvalue weighted by Crippen LogP contribution is 2.34. The van der Waals surface area contributed by atoms with Crippen molar-refractivity contribution in [2.45, 2.75) is 0 Å². The van der Waals surface area contributed by atoms with Crippen LogP contribution < -0.4 is 0 Å². The molecule has 4 aromatic rings. The quantitative estimate of drug-likeness (QED) is 0.244. The molecule has 3 aromatic heterocycles. The summed E-state index contributed by atoms with van der Waals surface area (Å²) in [7, 11) is 0. The number of aromatic nitrogens is 4. The SMILES string of the molecule is Clc1ccc(-c2cc3cc4nc(cc5ccc([nH]5)c(Cl)c5nc(c(Cl)c2[nH]3)C=C5)C=C4)cc1. The van der Waals surface area contributed by atoms with Gasteiger partial charge in [-0.15, -0.1) is 0 Å². The zero-order valence-corrected chi connectivity index (χ0v) is 19.3. The van der Waals surface area contributed by atoms with E-state index >= 15 is 0 Å². The van der Waals surface area contributed by atoms with Gasteiger partial charge in [-0.25, -0.2) is 9.97 Å². The Labute approximate surface area is 204 Å². The van der Waals surface area contributed by atoms with Crippen LogP contribution in [-0.2, 0) is 0 Å². The van der Waals surface area contributed by atoms with Gasteiger partial charge in [0.25, 0.3) is 0 Å². The molecule has 0 saturated heterocycles. The lowest BCUT2D eigenvalue weighted by atomic mass is 10.1. The number of benzene rings is 1. The van der Waals surface area contributed by atoms with Crippen molar-refractivity contribution in [1.82, 2.24) is 19.9 Å². The Bertz CT molecular complexity index is 1640. The van der Waals surface area contributed by atoms with Gasteiger partial charge in [0.15, 0.2) is 0 Å². The van der Waals surface area contributed by atoms with Crippen LogP contribution >= 0.6 is 34.8 Å². The first kappa shape index (κ1) is 20.3. The van der Waals surface area contributed by atoms with E-state index in [2.05, 4.69) is 16.0 Å². The second kappa shape index (κ2) is 7.92. The topological polar surface area (TPSA) is 57.4 Å². The number of fused-ring (bicyclic) bond motifs is 8. The first-order valence-corrected chi connectivity index (χ1v) is 11.4. The van der Waals surface area contributed by atoms with E-state index < -0.39 is 0 Å². The fourth-order valence-electron chi connectivity index (χ4n) is 3.95. The number of aromatic amines is 2. The minimum Gasteiger partial charge on any atom is -0.354 e. The standard InChI is InChI=1S/C26H15Cl3N4/c27-15-3-1-14(2-4-15)20-13-19-12-17-6-5-16(30-17)11-18-7-8-21(31-18)24(28)22-9-10-23(33-22)25(29)26(20)32-19/h1-13,31-32H. The maximum Gasteiger partial charge on any atom is 0.0904 e. The van der Waals surface area contributed by atoms with Crippen LogP contribution in [0.1, 0.15) is 22.8 Å². The molecule has 7 heteroatoms. The molecule has 2 aliphatic rings. The highest BCUT2D eigenvalue weighted by atomic mass is 35.5.